The molecule has 1 N–H and O–H groups in total. The topological polar surface area (TPSA) is 131 Å². The van der Waals surface area contributed by atoms with E-state index in [-0.39, 0.29) is 26.9 Å². The van der Waals surface area contributed by atoms with Crippen molar-refractivity contribution in [2.24, 2.45) is 5.10 Å². The van der Waals surface area contributed by atoms with Crippen LogP contribution in [0.2, 0.25) is 5.02 Å². The number of ether oxygens (including phenoxy) is 1. The Balaban J connectivity index is 1.85. The number of carbonyl (C=O) groups is 1. The maximum atomic E-state index is 13.4. The van der Waals surface area contributed by atoms with Gasteiger partial charge < -0.3 is 4.74 Å². The number of nitro benzene ring substituents is 1. The number of anilines is 1. The van der Waals surface area contributed by atoms with Crippen molar-refractivity contribution in [2.45, 2.75) is 18.7 Å². The SMILES string of the molecule is CCOc1ccc(N(CC(=O)N/N=C\c2cc([N+](=O)[O-])ccc2Cl)S(=O)(=O)c2ccc(C)cc2)cc1. The summed E-state index contributed by atoms with van der Waals surface area (Å²) in [5.74, 6) is -0.186. The van der Waals surface area contributed by atoms with Crippen molar-refractivity contribution in [3.63, 3.8) is 0 Å². The van der Waals surface area contributed by atoms with Crippen LogP contribution >= 0.6 is 11.6 Å². The van der Waals surface area contributed by atoms with E-state index in [1.807, 2.05) is 13.8 Å². The molecule has 0 aliphatic carbocycles. The Morgan fingerprint density at radius 3 is 2.42 bits per heavy atom. The van der Waals surface area contributed by atoms with Gasteiger partial charge in [-0.3, -0.25) is 19.2 Å². The van der Waals surface area contributed by atoms with E-state index in [2.05, 4.69) is 10.5 Å². The molecule has 1 amide bonds. The van der Waals surface area contributed by atoms with Crippen molar-refractivity contribution in [1.82, 2.24) is 5.43 Å². The summed E-state index contributed by atoms with van der Waals surface area (Å²) < 4.78 is 33.2. The second-order valence-corrected chi connectivity index (χ2v) is 9.78. The van der Waals surface area contributed by atoms with Gasteiger partial charge in [0.2, 0.25) is 0 Å². The normalized spacial score (nSPS) is 11.3. The fraction of sp³-hybridized carbons (Fsp3) is 0.167. The minimum atomic E-state index is -4.11. The molecule has 0 saturated heterocycles. The van der Waals surface area contributed by atoms with Crippen molar-refractivity contribution in [3.8, 4) is 5.75 Å². The van der Waals surface area contributed by atoms with E-state index in [4.69, 9.17) is 16.3 Å². The molecule has 188 valence electrons. The molecule has 3 rings (SSSR count). The Bertz CT molecular complexity index is 1380. The number of non-ortho nitro benzene ring substituents is 1. The minimum Gasteiger partial charge on any atom is -0.494 e. The van der Waals surface area contributed by atoms with Gasteiger partial charge in [-0.1, -0.05) is 29.3 Å². The van der Waals surface area contributed by atoms with Crippen LogP contribution < -0.4 is 14.5 Å². The number of aryl methyl sites for hydroxylation is 1. The van der Waals surface area contributed by atoms with Gasteiger partial charge >= 0.3 is 0 Å². The molecule has 0 heterocycles. The average Bonchev–Trinajstić information content (AvgIpc) is 2.84. The number of amides is 1. The molecular formula is C24H23ClN4O6S. The highest BCUT2D eigenvalue weighted by Gasteiger charge is 2.27. The lowest BCUT2D eigenvalue weighted by Gasteiger charge is -2.24. The second-order valence-electron chi connectivity index (χ2n) is 7.51. The first-order chi connectivity index (χ1) is 17.1. The predicted molar refractivity (Wildman–Crippen MR) is 137 cm³/mol. The highest BCUT2D eigenvalue weighted by atomic mass is 35.5. The van der Waals surface area contributed by atoms with Crippen LogP contribution in [0.1, 0.15) is 18.1 Å². The van der Waals surface area contributed by atoms with E-state index in [9.17, 15) is 23.3 Å². The number of hydrogen-bond donors (Lipinski definition) is 1. The largest absolute Gasteiger partial charge is 0.494 e. The van der Waals surface area contributed by atoms with Crippen LogP contribution in [0.5, 0.6) is 5.75 Å². The Morgan fingerprint density at radius 1 is 1.14 bits per heavy atom. The number of benzene rings is 3. The second kappa shape index (κ2) is 11.6. The first-order valence-electron chi connectivity index (χ1n) is 10.7. The highest BCUT2D eigenvalue weighted by molar-refractivity contribution is 7.92. The molecule has 0 atom stereocenters. The van der Waals surface area contributed by atoms with E-state index < -0.39 is 27.4 Å². The fourth-order valence-electron chi connectivity index (χ4n) is 3.11. The smallest absolute Gasteiger partial charge is 0.270 e. The van der Waals surface area contributed by atoms with Gasteiger partial charge in [-0.15, -0.1) is 0 Å². The highest BCUT2D eigenvalue weighted by Crippen LogP contribution is 2.26. The van der Waals surface area contributed by atoms with Crippen LogP contribution in [0, 0.1) is 17.0 Å². The van der Waals surface area contributed by atoms with E-state index in [1.54, 1.807) is 24.3 Å². The number of nitrogens with zero attached hydrogens (tertiary/aromatic N) is 3. The zero-order chi connectivity index (χ0) is 26.3. The van der Waals surface area contributed by atoms with Crippen molar-refractivity contribution in [2.75, 3.05) is 17.5 Å². The average molecular weight is 531 g/mol. The molecule has 0 saturated carbocycles. The zero-order valence-corrected chi connectivity index (χ0v) is 21.0. The van der Waals surface area contributed by atoms with E-state index in [1.165, 1.54) is 42.5 Å². The zero-order valence-electron chi connectivity index (χ0n) is 19.4. The lowest BCUT2D eigenvalue weighted by molar-refractivity contribution is -0.384. The van der Waals surface area contributed by atoms with Crippen LogP contribution in [-0.4, -0.2) is 38.6 Å². The molecule has 3 aromatic carbocycles. The van der Waals surface area contributed by atoms with E-state index in [0.29, 0.717) is 12.4 Å². The van der Waals surface area contributed by atoms with Gasteiger partial charge in [0.1, 0.15) is 12.3 Å². The van der Waals surface area contributed by atoms with Gasteiger partial charge in [-0.05, 0) is 56.3 Å². The van der Waals surface area contributed by atoms with E-state index in [0.717, 1.165) is 16.1 Å². The predicted octanol–water partition coefficient (Wildman–Crippen LogP) is 4.30. The molecule has 0 aromatic heterocycles. The Hall–Kier alpha value is -3.96. The third kappa shape index (κ3) is 6.58. The maximum absolute atomic E-state index is 13.4. The molecule has 3 aromatic rings. The number of carbonyl (C=O) groups excluding carboxylic acids is 1. The summed E-state index contributed by atoms with van der Waals surface area (Å²) in [6.45, 7) is 3.53. The lowest BCUT2D eigenvalue weighted by atomic mass is 10.2. The van der Waals surface area contributed by atoms with Crippen LogP contribution in [0.4, 0.5) is 11.4 Å². The summed E-state index contributed by atoms with van der Waals surface area (Å²) in [7, 11) is -4.11. The van der Waals surface area contributed by atoms with Crippen LogP contribution in [0.25, 0.3) is 0 Å². The molecule has 0 fully saturated rings. The molecule has 0 unspecified atom stereocenters. The molecule has 0 bridgehead atoms. The summed E-state index contributed by atoms with van der Waals surface area (Å²) in [5, 5.41) is 14.9. The monoisotopic (exact) mass is 530 g/mol. The fourth-order valence-corrected chi connectivity index (χ4v) is 4.70. The van der Waals surface area contributed by atoms with Crippen molar-refractivity contribution < 1.29 is 22.9 Å². The first-order valence-corrected chi connectivity index (χ1v) is 12.5. The Morgan fingerprint density at radius 2 is 1.81 bits per heavy atom. The van der Waals surface area contributed by atoms with E-state index >= 15 is 0 Å². The molecule has 36 heavy (non-hydrogen) atoms. The summed E-state index contributed by atoms with van der Waals surface area (Å²) in [6, 6.07) is 16.3. The molecule has 10 nitrogen and oxygen atoms in total. The molecule has 12 heteroatoms. The lowest BCUT2D eigenvalue weighted by Crippen LogP contribution is -2.39. The summed E-state index contributed by atoms with van der Waals surface area (Å²) in [4.78, 5) is 23.1. The van der Waals surface area contributed by atoms with Crippen molar-refractivity contribution >= 4 is 45.1 Å². The van der Waals surface area contributed by atoms with Crippen LogP contribution in [-0.2, 0) is 14.8 Å². The van der Waals surface area contributed by atoms with Crippen molar-refractivity contribution in [3.05, 3.63) is 93.0 Å². The number of sulfonamides is 1. The third-order valence-electron chi connectivity index (χ3n) is 4.92. The van der Waals surface area contributed by atoms with Crippen molar-refractivity contribution in [1.29, 1.82) is 0 Å². The van der Waals surface area contributed by atoms with Gasteiger partial charge in [0.15, 0.2) is 0 Å². The van der Waals surface area contributed by atoms with Gasteiger partial charge in [-0.25, -0.2) is 13.8 Å². The standard InChI is InChI=1S/C24H23ClN4O6S/c1-3-35-21-9-6-19(7-10-21)28(36(33,34)22-11-4-17(2)5-12-22)16-24(30)27-26-15-18-14-20(29(31)32)8-13-23(18)25/h4-15H,3,16H2,1-2H3,(H,27,30)/b26-15-. The Labute approximate surface area is 213 Å². The van der Waals surface area contributed by atoms with Gasteiger partial charge in [0.05, 0.1) is 28.3 Å². The summed E-state index contributed by atoms with van der Waals surface area (Å²) in [6.07, 6.45) is 1.14. The molecule has 0 spiro atoms. The first kappa shape index (κ1) is 26.6. The molecule has 0 radical (unpaired) electrons. The molecule has 0 aliphatic heterocycles. The number of halogens is 1. The Kier molecular flexibility index (Phi) is 8.62. The van der Waals surface area contributed by atoms with Gasteiger partial charge in [0, 0.05) is 22.7 Å². The third-order valence-corrected chi connectivity index (χ3v) is 7.05. The number of nitrogens with one attached hydrogen (secondary N) is 1. The number of rotatable bonds is 10. The minimum absolute atomic E-state index is 0.0154. The number of hydrazone groups is 1. The van der Waals surface area contributed by atoms with Gasteiger partial charge in [-0.2, -0.15) is 5.10 Å². The summed E-state index contributed by atoms with van der Waals surface area (Å²) >= 11 is 6.03. The molecular weight excluding hydrogens is 508 g/mol. The number of hydrogen-bond acceptors (Lipinski definition) is 7. The maximum Gasteiger partial charge on any atom is 0.270 e. The number of nitro groups is 1. The quantitative estimate of drug-likeness (QED) is 0.236. The van der Waals surface area contributed by atoms with Crippen LogP contribution in [0.15, 0.2) is 76.7 Å². The summed E-state index contributed by atoms with van der Waals surface area (Å²) in [5.41, 5.74) is 3.39. The van der Waals surface area contributed by atoms with Gasteiger partial charge in [0.25, 0.3) is 21.6 Å². The molecule has 0 aliphatic rings. The van der Waals surface area contributed by atoms with Crippen LogP contribution in [0.3, 0.4) is 0 Å².